The fourth-order valence-corrected chi connectivity index (χ4v) is 3.21. The maximum atomic E-state index is 12.1. The Kier molecular flexibility index (Phi) is 6.47. The molecule has 20 heavy (non-hydrogen) atoms. The normalized spacial score (nSPS) is 12.9. The SMILES string of the molecule is CCCc1ccc(S(=O)(=O)N[C@@H](CS)C(=O)NO)cc1. The van der Waals surface area contributed by atoms with Gasteiger partial charge in [0.15, 0.2) is 0 Å². The van der Waals surface area contributed by atoms with E-state index in [1.54, 1.807) is 12.1 Å². The van der Waals surface area contributed by atoms with E-state index < -0.39 is 22.0 Å². The molecule has 1 atom stereocenters. The Hall–Kier alpha value is -1.09. The van der Waals surface area contributed by atoms with Gasteiger partial charge in [-0.25, -0.2) is 13.9 Å². The molecule has 0 saturated heterocycles. The molecule has 0 radical (unpaired) electrons. The molecule has 0 saturated carbocycles. The molecule has 0 fully saturated rings. The smallest absolute Gasteiger partial charge is 0.262 e. The van der Waals surface area contributed by atoms with Crippen LogP contribution in [0.4, 0.5) is 0 Å². The van der Waals surface area contributed by atoms with Gasteiger partial charge in [-0.05, 0) is 24.1 Å². The molecule has 6 nitrogen and oxygen atoms in total. The number of carbonyl (C=O) groups is 1. The summed E-state index contributed by atoms with van der Waals surface area (Å²) in [6.07, 6.45) is 1.85. The summed E-state index contributed by atoms with van der Waals surface area (Å²) in [6.45, 7) is 2.04. The molecule has 8 heteroatoms. The lowest BCUT2D eigenvalue weighted by Gasteiger charge is -2.14. The Labute approximate surface area is 124 Å². The molecule has 0 aliphatic rings. The minimum absolute atomic E-state index is 0.0647. The van der Waals surface area contributed by atoms with Gasteiger partial charge in [0.2, 0.25) is 10.0 Å². The number of nitrogens with one attached hydrogen (secondary N) is 2. The number of amides is 1. The highest BCUT2D eigenvalue weighted by molar-refractivity contribution is 7.89. The van der Waals surface area contributed by atoms with Crippen LogP contribution in [0.15, 0.2) is 29.2 Å². The van der Waals surface area contributed by atoms with Gasteiger partial charge in [-0.1, -0.05) is 25.5 Å². The summed E-state index contributed by atoms with van der Waals surface area (Å²) in [5.74, 6) is -0.925. The van der Waals surface area contributed by atoms with Gasteiger partial charge < -0.3 is 0 Å². The van der Waals surface area contributed by atoms with Crippen LogP contribution in [-0.2, 0) is 21.2 Å². The van der Waals surface area contributed by atoms with Crippen molar-refractivity contribution in [3.05, 3.63) is 29.8 Å². The van der Waals surface area contributed by atoms with Crippen LogP contribution in [0.5, 0.6) is 0 Å². The van der Waals surface area contributed by atoms with E-state index in [0.717, 1.165) is 18.4 Å². The summed E-state index contributed by atoms with van der Waals surface area (Å²) >= 11 is 3.88. The standard InChI is InChI=1S/C12H18N2O4S2/c1-2-3-9-4-6-10(7-5-9)20(17,18)14-11(8-19)12(15)13-16/h4-7,11,14,16,19H,2-3,8H2,1H3,(H,13,15)/t11-/m0/s1. The van der Waals surface area contributed by atoms with Gasteiger partial charge in [0.1, 0.15) is 6.04 Å². The quantitative estimate of drug-likeness (QED) is 0.338. The number of carbonyl (C=O) groups excluding carboxylic acids is 1. The lowest BCUT2D eigenvalue weighted by Crippen LogP contribution is -2.46. The minimum Gasteiger partial charge on any atom is -0.289 e. The molecule has 0 heterocycles. The second kappa shape index (κ2) is 7.63. The zero-order chi connectivity index (χ0) is 15.2. The van der Waals surface area contributed by atoms with E-state index in [1.165, 1.54) is 17.6 Å². The van der Waals surface area contributed by atoms with E-state index in [2.05, 4.69) is 17.4 Å². The molecule has 0 aliphatic carbocycles. The van der Waals surface area contributed by atoms with Gasteiger partial charge in [-0.3, -0.25) is 10.0 Å². The summed E-state index contributed by atoms with van der Waals surface area (Å²) in [5, 5.41) is 8.53. The molecule has 0 aromatic heterocycles. The first-order valence-corrected chi connectivity index (χ1v) is 8.22. The van der Waals surface area contributed by atoms with Crippen molar-refractivity contribution in [2.75, 3.05) is 5.75 Å². The molecule has 0 spiro atoms. The molecule has 1 rings (SSSR count). The summed E-state index contributed by atoms with van der Waals surface area (Å²) in [5.41, 5.74) is 2.45. The highest BCUT2D eigenvalue weighted by atomic mass is 32.2. The van der Waals surface area contributed by atoms with Crippen LogP contribution in [0, 0.1) is 0 Å². The van der Waals surface area contributed by atoms with Crippen molar-refractivity contribution >= 4 is 28.6 Å². The van der Waals surface area contributed by atoms with Crippen molar-refractivity contribution in [3.63, 3.8) is 0 Å². The van der Waals surface area contributed by atoms with Crippen molar-refractivity contribution in [2.24, 2.45) is 0 Å². The number of rotatable bonds is 7. The second-order valence-electron chi connectivity index (χ2n) is 4.23. The predicted molar refractivity (Wildman–Crippen MR) is 78.3 cm³/mol. The monoisotopic (exact) mass is 318 g/mol. The van der Waals surface area contributed by atoms with Crippen LogP contribution in [0.3, 0.4) is 0 Å². The predicted octanol–water partition coefficient (Wildman–Crippen LogP) is 0.721. The van der Waals surface area contributed by atoms with Crippen molar-refractivity contribution < 1.29 is 18.4 Å². The Morgan fingerprint density at radius 2 is 1.95 bits per heavy atom. The average Bonchev–Trinajstić information content (AvgIpc) is 2.45. The number of benzene rings is 1. The first kappa shape index (κ1) is 17.0. The van der Waals surface area contributed by atoms with Crippen molar-refractivity contribution in [2.45, 2.75) is 30.7 Å². The molecule has 0 unspecified atom stereocenters. The molecule has 112 valence electrons. The van der Waals surface area contributed by atoms with E-state index in [4.69, 9.17) is 5.21 Å². The van der Waals surface area contributed by atoms with E-state index in [-0.39, 0.29) is 10.6 Å². The van der Waals surface area contributed by atoms with Crippen LogP contribution in [0.2, 0.25) is 0 Å². The number of thiol groups is 1. The third kappa shape index (κ3) is 4.48. The van der Waals surface area contributed by atoms with Crippen LogP contribution >= 0.6 is 12.6 Å². The molecule has 0 aliphatic heterocycles. The van der Waals surface area contributed by atoms with Gasteiger partial charge in [0.05, 0.1) is 4.90 Å². The second-order valence-corrected chi connectivity index (χ2v) is 6.31. The summed E-state index contributed by atoms with van der Waals surface area (Å²) < 4.78 is 26.4. The first-order chi connectivity index (χ1) is 9.44. The maximum absolute atomic E-state index is 12.1. The van der Waals surface area contributed by atoms with Crippen molar-refractivity contribution in [3.8, 4) is 0 Å². The summed E-state index contributed by atoms with van der Waals surface area (Å²) in [6, 6.07) is 5.31. The van der Waals surface area contributed by atoms with Crippen LogP contribution in [0.1, 0.15) is 18.9 Å². The maximum Gasteiger partial charge on any atom is 0.262 e. The Bertz CT molecular complexity index is 543. The lowest BCUT2D eigenvalue weighted by atomic mass is 10.1. The third-order valence-corrected chi connectivity index (χ3v) is 4.53. The fraction of sp³-hybridized carbons (Fsp3) is 0.417. The fourth-order valence-electron chi connectivity index (χ4n) is 1.63. The molecular weight excluding hydrogens is 300 g/mol. The van der Waals surface area contributed by atoms with Crippen LogP contribution in [-0.4, -0.2) is 31.3 Å². The Balaban J connectivity index is 2.90. The molecule has 0 bridgehead atoms. The first-order valence-electron chi connectivity index (χ1n) is 6.10. The number of hydroxylamine groups is 1. The van der Waals surface area contributed by atoms with E-state index in [1.807, 2.05) is 6.92 Å². The zero-order valence-corrected chi connectivity index (χ0v) is 12.7. The van der Waals surface area contributed by atoms with Gasteiger partial charge in [-0.2, -0.15) is 17.4 Å². The molecule has 3 N–H and O–H groups in total. The number of aryl methyl sites for hydroxylation is 1. The molecule has 1 aromatic rings. The van der Waals surface area contributed by atoms with E-state index in [0.29, 0.717) is 0 Å². The molecule has 1 aromatic carbocycles. The van der Waals surface area contributed by atoms with E-state index in [9.17, 15) is 13.2 Å². The minimum atomic E-state index is -3.83. The summed E-state index contributed by atoms with van der Waals surface area (Å²) in [4.78, 5) is 11.3. The summed E-state index contributed by atoms with van der Waals surface area (Å²) in [7, 11) is -3.83. The third-order valence-electron chi connectivity index (χ3n) is 2.68. The Morgan fingerprint density at radius 1 is 1.35 bits per heavy atom. The Morgan fingerprint density at radius 3 is 2.40 bits per heavy atom. The van der Waals surface area contributed by atoms with Crippen molar-refractivity contribution in [1.82, 2.24) is 10.2 Å². The van der Waals surface area contributed by atoms with Crippen molar-refractivity contribution in [1.29, 1.82) is 0 Å². The number of hydrogen-bond donors (Lipinski definition) is 4. The lowest BCUT2D eigenvalue weighted by molar-refractivity contribution is -0.130. The van der Waals surface area contributed by atoms with Gasteiger partial charge in [-0.15, -0.1) is 0 Å². The van der Waals surface area contributed by atoms with Gasteiger partial charge in [0, 0.05) is 5.75 Å². The van der Waals surface area contributed by atoms with E-state index >= 15 is 0 Å². The highest BCUT2D eigenvalue weighted by Gasteiger charge is 2.24. The number of hydrogen-bond acceptors (Lipinski definition) is 5. The topological polar surface area (TPSA) is 95.5 Å². The zero-order valence-electron chi connectivity index (χ0n) is 11.0. The van der Waals surface area contributed by atoms with Gasteiger partial charge in [0.25, 0.3) is 5.91 Å². The molecular formula is C12H18N2O4S2. The molecule has 1 amide bonds. The van der Waals surface area contributed by atoms with Gasteiger partial charge >= 0.3 is 0 Å². The highest BCUT2D eigenvalue weighted by Crippen LogP contribution is 2.12. The average molecular weight is 318 g/mol. The number of sulfonamides is 1. The van der Waals surface area contributed by atoms with Crippen LogP contribution < -0.4 is 10.2 Å². The largest absolute Gasteiger partial charge is 0.289 e. The van der Waals surface area contributed by atoms with Crippen LogP contribution in [0.25, 0.3) is 0 Å².